The van der Waals surface area contributed by atoms with Gasteiger partial charge in [-0.05, 0) is 49.9 Å². The molecule has 1 aliphatic carbocycles. The molecule has 0 aliphatic heterocycles. The van der Waals surface area contributed by atoms with E-state index in [1.165, 1.54) is 12.8 Å². The standard InChI is InChI=1S/C13H26O2/c1-10(2)11-6-7-13(15)12(9-11)5-3-4-8-14/h10-15H,3-9H2,1-2H3. The molecule has 1 fully saturated rings. The van der Waals surface area contributed by atoms with Crippen LogP contribution in [0, 0.1) is 17.8 Å². The van der Waals surface area contributed by atoms with Gasteiger partial charge in [0, 0.05) is 6.61 Å². The molecule has 2 N–H and O–H groups in total. The zero-order chi connectivity index (χ0) is 11.3. The fourth-order valence-electron chi connectivity index (χ4n) is 2.72. The molecule has 0 bridgehead atoms. The minimum absolute atomic E-state index is 0.0845. The third-order valence-corrected chi connectivity index (χ3v) is 3.91. The van der Waals surface area contributed by atoms with Crippen molar-refractivity contribution in [1.29, 1.82) is 0 Å². The molecule has 0 aromatic carbocycles. The van der Waals surface area contributed by atoms with Crippen LogP contribution >= 0.6 is 0 Å². The number of aliphatic hydroxyl groups excluding tert-OH is 2. The third kappa shape index (κ3) is 4.12. The van der Waals surface area contributed by atoms with E-state index in [1.807, 2.05) is 0 Å². The van der Waals surface area contributed by atoms with Gasteiger partial charge in [0.05, 0.1) is 6.10 Å². The van der Waals surface area contributed by atoms with Crippen molar-refractivity contribution in [2.75, 3.05) is 6.61 Å². The summed E-state index contributed by atoms with van der Waals surface area (Å²) in [5.74, 6) is 2.03. The lowest BCUT2D eigenvalue weighted by Gasteiger charge is -2.35. The minimum Gasteiger partial charge on any atom is -0.396 e. The molecule has 0 aromatic heterocycles. The van der Waals surface area contributed by atoms with Gasteiger partial charge in [0.2, 0.25) is 0 Å². The molecular formula is C13H26O2. The zero-order valence-electron chi connectivity index (χ0n) is 10.2. The third-order valence-electron chi connectivity index (χ3n) is 3.91. The number of unbranched alkanes of at least 4 members (excludes halogenated alkanes) is 1. The van der Waals surface area contributed by atoms with E-state index in [9.17, 15) is 5.11 Å². The van der Waals surface area contributed by atoms with Crippen LogP contribution in [0.2, 0.25) is 0 Å². The summed E-state index contributed by atoms with van der Waals surface area (Å²) in [6.45, 7) is 4.86. The Kier molecular flexibility index (Phi) is 5.62. The summed E-state index contributed by atoms with van der Waals surface area (Å²) in [6.07, 6.45) is 6.30. The van der Waals surface area contributed by atoms with Crippen molar-refractivity contribution in [2.24, 2.45) is 17.8 Å². The molecule has 1 saturated carbocycles. The molecule has 90 valence electrons. The lowest BCUT2D eigenvalue weighted by molar-refractivity contribution is 0.0318. The Morgan fingerprint density at radius 3 is 2.53 bits per heavy atom. The van der Waals surface area contributed by atoms with Crippen LogP contribution in [0.15, 0.2) is 0 Å². The van der Waals surface area contributed by atoms with Crippen molar-refractivity contribution < 1.29 is 10.2 Å². The van der Waals surface area contributed by atoms with Gasteiger partial charge in [-0.15, -0.1) is 0 Å². The van der Waals surface area contributed by atoms with Gasteiger partial charge in [0.15, 0.2) is 0 Å². The highest BCUT2D eigenvalue weighted by Gasteiger charge is 2.29. The topological polar surface area (TPSA) is 40.5 Å². The maximum absolute atomic E-state index is 9.91. The van der Waals surface area contributed by atoms with E-state index in [-0.39, 0.29) is 12.7 Å². The normalized spacial score (nSPS) is 32.2. The van der Waals surface area contributed by atoms with E-state index >= 15 is 0 Å². The first-order valence-electron chi connectivity index (χ1n) is 6.44. The smallest absolute Gasteiger partial charge is 0.0568 e. The summed E-state index contributed by atoms with van der Waals surface area (Å²) in [5, 5.41) is 18.6. The molecule has 0 aromatic rings. The van der Waals surface area contributed by atoms with E-state index in [4.69, 9.17) is 5.11 Å². The molecule has 2 heteroatoms. The Balaban J connectivity index is 2.32. The number of hydrogen-bond donors (Lipinski definition) is 2. The molecule has 0 saturated heterocycles. The van der Waals surface area contributed by atoms with Crippen LogP contribution in [-0.4, -0.2) is 22.9 Å². The Hall–Kier alpha value is -0.0800. The SMILES string of the molecule is CC(C)C1CCC(O)C(CCCCO)C1. The molecule has 3 unspecified atom stereocenters. The second-order valence-electron chi connectivity index (χ2n) is 5.36. The Morgan fingerprint density at radius 2 is 1.93 bits per heavy atom. The number of aliphatic hydroxyl groups is 2. The van der Waals surface area contributed by atoms with Crippen LogP contribution in [0.4, 0.5) is 0 Å². The maximum Gasteiger partial charge on any atom is 0.0568 e. The molecule has 15 heavy (non-hydrogen) atoms. The highest BCUT2D eigenvalue weighted by molar-refractivity contribution is 4.81. The Labute approximate surface area is 93.7 Å². The van der Waals surface area contributed by atoms with Gasteiger partial charge in [0.1, 0.15) is 0 Å². The summed E-state index contributed by atoms with van der Waals surface area (Å²) in [6, 6.07) is 0. The first kappa shape index (κ1) is 13.0. The Morgan fingerprint density at radius 1 is 1.20 bits per heavy atom. The first-order valence-corrected chi connectivity index (χ1v) is 6.44. The van der Waals surface area contributed by atoms with Crippen molar-refractivity contribution in [2.45, 2.75) is 58.5 Å². The van der Waals surface area contributed by atoms with Gasteiger partial charge in [-0.3, -0.25) is 0 Å². The van der Waals surface area contributed by atoms with Crippen LogP contribution < -0.4 is 0 Å². The van der Waals surface area contributed by atoms with E-state index in [2.05, 4.69) is 13.8 Å². The summed E-state index contributed by atoms with van der Waals surface area (Å²) in [5.41, 5.74) is 0. The van der Waals surface area contributed by atoms with Crippen molar-refractivity contribution in [3.05, 3.63) is 0 Å². The van der Waals surface area contributed by atoms with Crippen molar-refractivity contribution in [3.8, 4) is 0 Å². The predicted octanol–water partition coefficient (Wildman–Crippen LogP) is 2.58. The average molecular weight is 214 g/mol. The van der Waals surface area contributed by atoms with Crippen molar-refractivity contribution in [1.82, 2.24) is 0 Å². The molecule has 0 heterocycles. The summed E-state index contributed by atoms with van der Waals surface area (Å²) < 4.78 is 0. The van der Waals surface area contributed by atoms with E-state index < -0.39 is 0 Å². The van der Waals surface area contributed by atoms with Gasteiger partial charge in [-0.1, -0.05) is 20.3 Å². The predicted molar refractivity (Wildman–Crippen MR) is 62.6 cm³/mol. The summed E-state index contributed by atoms with van der Waals surface area (Å²) in [7, 11) is 0. The van der Waals surface area contributed by atoms with Crippen LogP contribution in [0.25, 0.3) is 0 Å². The quantitative estimate of drug-likeness (QED) is 0.691. The molecule has 1 aliphatic rings. The van der Waals surface area contributed by atoms with Crippen LogP contribution in [0.5, 0.6) is 0 Å². The molecule has 2 nitrogen and oxygen atoms in total. The lowest BCUT2D eigenvalue weighted by Crippen LogP contribution is -2.31. The first-order chi connectivity index (χ1) is 7.15. The van der Waals surface area contributed by atoms with Crippen LogP contribution in [0.1, 0.15) is 52.4 Å². The second-order valence-corrected chi connectivity index (χ2v) is 5.36. The monoisotopic (exact) mass is 214 g/mol. The average Bonchev–Trinajstić information content (AvgIpc) is 2.20. The molecular weight excluding hydrogens is 188 g/mol. The molecule has 3 atom stereocenters. The van der Waals surface area contributed by atoms with Crippen LogP contribution in [-0.2, 0) is 0 Å². The van der Waals surface area contributed by atoms with E-state index in [0.29, 0.717) is 5.92 Å². The van der Waals surface area contributed by atoms with Gasteiger partial charge in [-0.2, -0.15) is 0 Å². The number of rotatable bonds is 5. The fourth-order valence-corrected chi connectivity index (χ4v) is 2.72. The zero-order valence-corrected chi connectivity index (χ0v) is 10.2. The molecule has 1 rings (SSSR count). The number of hydrogen-bond acceptors (Lipinski definition) is 2. The van der Waals surface area contributed by atoms with Gasteiger partial charge in [0.25, 0.3) is 0 Å². The van der Waals surface area contributed by atoms with Crippen molar-refractivity contribution >= 4 is 0 Å². The highest BCUT2D eigenvalue weighted by Crippen LogP contribution is 2.36. The molecule has 0 spiro atoms. The van der Waals surface area contributed by atoms with E-state index in [1.54, 1.807) is 0 Å². The summed E-state index contributed by atoms with van der Waals surface area (Å²) >= 11 is 0. The van der Waals surface area contributed by atoms with Gasteiger partial charge in [-0.25, -0.2) is 0 Å². The van der Waals surface area contributed by atoms with Gasteiger partial charge >= 0.3 is 0 Å². The minimum atomic E-state index is -0.0845. The lowest BCUT2D eigenvalue weighted by atomic mass is 9.73. The molecule has 0 radical (unpaired) electrons. The van der Waals surface area contributed by atoms with Crippen molar-refractivity contribution in [3.63, 3.8) is 0 Å². The second kappa shape index (κ2) is 6.49. The highest BCUT2D eigenvalue weighted by atomic mass is 16.3. The largest absolute Gasteiger partial charge is 0.396 e. The van der Waals surface area contributed by atoms with E-state index in [0.717, 1.165) is 37.5 Å². The van der Waals surface area contributed by atoms with Crippen LogP contribution in [0.3, 0.4) is 0 Å². The molecule has 0 amide bonds. The Bertz CT molecular complexity index is 168. The summed E-state index contributed by atoms with van der Waals surface area (Å²) in [4.78, 5) is 0. The van der Waals surface area contributed by atoms with Gasteiger partial charge < -0.3 is 10.2 Å². The fraction of sp³-hybridized carbons (Fsp3) is 1.00. The maximum atomic E-state index is 9.91.